The predicted molar refractivity (Wildman–Crippen MR) is 78.8 cm³/mol. The lowest BCUT2D eigenvalue weighted by molar-refractivity contribution is 0.513. The molecular formula is C15H9Cl2FN2O. The Balaban J connectivity index is 1.91. The molecule has 0 aliphatic carbocycles. The molecule has 0 aliphatic rings. The molecular weight excluding hydrogens is 314 g/mol. The van der Waals surface area contributed by atoms with E-state index < -0.39 is 11.2 Å². The minimum absolute atomic E-state index is 0.00210. The van der Waals surface area contributed by atoms with Crippen LogP contribution in [0.3, 0.4) is 0 Å². The fourth-order valence-corrected chi connectivity index (χ4v) is 2.26. The van der Waals surface area contributed by atoms with Crippen LogP contribution in [-0.2, 0) is 0 Å². The smallest absolute Gasteiger partial charge is 0.247 e. The molecule has 0 amide bonds. The first kappa shape index (κ1) is 14.0. The Bertz CT molecular complexity index is 761. The van der Waals surface area contributed by atoms with E-state index in [0.29, 0.717) is 5.56 Å². The van der Waals surface area contributed by atoms with Crippen LogP contribution < -0.4 is 0 Å². The van der Waals surface area contributed by atoms with Gasteiger partial charge in [-0.25, -0.2) is 4.39 Å². The standard InChI is InChI=1S/C15H9Cl2FN2O/c16-11-8-10(6-7-12(11)18)14-19-20-15(21-14)13(17)9-4-2-1-3-5-9/h1-8,13H. The van der Waals surface area contributed by atoms with E-state index in [2.05, 4.69) is 10.2 Å². The zero-order valence-corrected chi connectivity index (χ0v) is 12.1. The van der Waals surface area contributed by atoms with Gasteiger partial charge in [0.15, 0.2) is 0 Å². The topological polar surface area (TPSA) is 38.9 Å². The number of hydrogen-bond acceptors (Lipinski definition) is 3. The van der Waals surface area contributed by atoms with Crippen molar-refractivity contribution in [3.8, 4) is 11.5 Å². The molecule has 0 bridgehead atoms. The van der Waals surface area contributed by atoms with Gasteiger partial charge in [0, 0.05) is 5.56 Å². The lowest BCUT2D eigenvalue weighted by Gasteiger charge is -2.04. The Morgan fingerprint density at radius 1 is 1.05 bits per heavy atom. The largest absolute Gasteiger partial charge is 0.419 e. The minimum atomic E-state index is -0.539. The van der Waals surface area contributed by atoms with Crippen molar-refractivity contribution in [1.29, 1.82) is 0 Å². The summed E-state index contributed by atoms with van der Waals surface area (Å²) < 4.78 is 18.7. The molecule has 3 rings (SSSR count). The Kier molecular flexibility index (Phi) is 3.90. The maximum Gasteiger partial charge on any atom is 0.247 e. The van der Waals surface area contributed by atoms with E-state index in [1.807, 2.05) is 30.3 Å². The summed E-state index contributed by atoms with van der Waals surface area (Å²) in [6.07, 6.45) is 0. The highest BCUT2D eigenvalue weighted by Crippen LogP contribution is 2.30. The van der Waals surface area contributed by atoms with Gasteiger partial charge in [0.2, 0.25) is 11.8 Å². The number of nitrogens with zero attached hydrogens (tertiary/aromatic N) is 2. The predicted octanol–water partition coefficient (Wildman–Crippen LogP) is 4.86. The second kappa shape index (κ2) is 5.84. The highest BCUT2D eigenvalue weighted by molar-refractivity contribution is 6.31. The minimum Gasteiger partial charge on any atom is -0.419 e. The van der Waals surface area contributed by atoms with Crippen molar-refractivity contribution in [2.45, 2.75) is 5.38 Å². The summed E-state index contributed by atoms with van der Waals surface area (Å²) in [5, 5.41) is 7.32. The van der Waals surface area contributed by atoms with Gasteiger partial charge in [0.1, 0.15) is 11.2 Å². The molecule has 0 saturated heterocycles. The van der Waals surface area contributed by atoms with Crippen LogP contribution in [0.4, 0.5) is 4.39 Å². The van der Waals surface area contributed by atoms with Gasteiger partial charge in [0.05, 0.1) is 5.02 Å². The molecule has 21 heavy (non-hydrogen) atoms. The third-order valence-corrected chi connectivity index (χ3v) is 3.64. The van der Waals surface area contributed by atoms with Gasteiger partial charge in [-0.3, -0.25) is 0 Å². The number of rotatable bonds is 3. The van der Waals surface area contributed by atoms with Crippen molar-refractivity contribution in [3.63, 3.8) is 0 Å². The Morgan fingerprint density at radius 3 is 2.52 bits per heavy atom. The number of benzene rings is 2. The first-order chi connectivity index (χ1) is 10.1. The van der Waals surface area contributed by atoms with Gasteiger partial charge in [-0.2, -0.15) is 0 Å². The van der Waals surface area contributed by atoms with E-state index >= 15 is 0 Å². The second-order valence-corrected chi connectivity index (χ2v) is 5.19. The zero-order chi connectivity index (χ0) is 14.8. The average molecular weight is 323 g/mol. The third kappa shape index (κ3) is 2.91. The highest BCUT2D eigenvalue weighted by atomic mass is 35.5. The summed E-state index contributed by atoms with van der Waals surface area (Å²) in [5.41, 5.74) is 1.39. The number of hydrogen-bond donors (Lipinski definition) is 0. The lowest BCUT2D eigenvalue weighted by atomic mass is 10.1. The molecule has 106 valence electrons. The van der Waals surface area contributed by atoms with Crippen molar-refractivity contribution < 1.29 is 8.81 Å². The van der Waals surface area contributed by atoms with Gasteiger partial charge in [-0.15, -0.1) is 21.8 Å². The van der Waals surface area contributed by atoms with Gasteiger partial charge < -0.3 is 4.42 Å². The van der Waals surface area contributed by atoms with Gasteiger partial charge in [-0.05, 0) is 23.8 Å². The average Bonchev–Trinajstić information content (AvgIpc) is 3.00. The fourth-order valence-electron chi connectivity index (χ4n) is 1.85. The third-order valence-electron chi connectivity index (χ3n) is 2.92. The first-order valence-electron chi connectivity index (χ1n) is 6.13. The maximum atomic E-state index is 13.1. The molecule has 1 unspecified atom stereocenters. The molecule has 0 aliphatic heterocycles. The Morgan fingerprint density at radius 2 is 1.81 bits per heavy atom. The molecule has 6 heteroatoms. The van der Waals surface area contributed by atoms with Crippen LogP contribution in [-0.4, -0.2) is 10.2 Å². The molecule has 1 atom stereocenters. The SMILES string of the molecule is Fc1ccc(-c2nnc(C(Cl)c3ccccc3)o2)cc1Cl. The van der Waals surface area contributed by atoms with Gasteiger partial charge in [-0.1, -0.05) is 41.9 Å². The summed E-state index contributed by atoms with van der Waals surface area (Å²) in [5.74, 6) is 0.0199. The molecule has 0 N–H and O–H groups in total. The molecule has 0 radical (unpaired) electrons. The van der Waals surface area contributed by atoms with Crippen molar-refractivity contribution in [2.75, 3.05) is 0 Å². The van der Waals surface area contributed by atoms with E-state index in [-0.39, 0.29) is 16.8 Å². The van der Waals surface area contributed by atoms with E-state index in [0.717, 1.165) is 5.56 Å². The van der Waals surface area contributed by atoms with Crippen LogP contribution in [0.5, 0.6) is 0 Å². The zero-order valence-electron chi connectivity index (χ0n) is 10.6. The monoisotopic (exact) mass is 322 g/mol. The van der Waals surface area contributed by atoms with E-state index in [1.165, 1.54) is 18.2 Å². The van der Waals surface area contributed by atoms with Crippen molar-refractivity contribution in [3.05, 3.63) is 70.8 Å². The summed E-state index contributed by atoms with van der Waals surface area (Å²) in [6, 6.07) is 13.6. The Hall–Kier alpha value is -1.91. The number of alkyl halides is 1. The second-order valence-electron chi connectivity index (χ2n) is 4.35. The molecule has 0 saturated carbocycles. The summed E-state index contributed by atoms with van der Waals surface area (Å²) in [6.45, 7) is 0. The summed E-state index contributed by atoms with van der Waals surface area (Å²) >= 11 is 12.0. The van der Waals surface area contributed by atoms with Crippen molar-refractivity contribution in [2.24, 2.45) is 0 Å². The van der Waals surface area contributed by atoms with Crippen molar-refractivity contribution >= 4 is 23.2 Å². The quantitative estimate of drug-likeness (QED) is 0.646. The maximum absolute atomic E-state index is 13.1. The van der Waals surface area contributed by atoms with Gasteiger partial charge >= 0.3 is 0 Å². The number of halogens is 3. The molecule has 0 fully saturated rings. The molecule has 3 aromatic rings. The van der Waals surface area contributed by atoms with Crippen LogP contribution in [0.2, 0.25) is 5.02 Å². The molecule has 1 aromatic heterocycles. The highest BCUT2D eigenvalue weighted by Gasteiger charge is 2.19. The van der Waals surface area contributed by atoms with Crippen LogP contribution in [0.25, 0.3) is 11.5 Å². The van der Waals surface area contributed by atoms with E-state index in [9.17, 15) is 4.39 Å². The molecule has 2 aromatic carbocycles. The molecule has 3 nitrogen and oxygen atoms in total. The van der Waals surface area contributed by atoms with Crippen molar-refractivity contribution in [1.82, 2.24) is 10.2 Å². The van der Waals surface area contributed by atoms with E-state index in [4.69, 9.17) is 27.6 Å². The molecule has 0 spiro atoms. The van der Waals surface area contributed by atoms with Crippen LogP contribution in [0.1, 0.15) is 16.8 Å². The van der Waals surface area contributed by atoms with Crippen LogP contribution in [0, 0.1) is 5.82 Å². The summed E-state index contributed by atoms with van der Waals surface area (Å²) in [7, 11) is 0. The summed E-state index contributed by atoms with van der Waals surface area (Å²) in [4.78, 5) is 0. The van der Waals surface area contributed by atoms with Crippen LogP contribution >= 0.6 is 23.2 Å². The Labute approximate surface area is 130 Å². The van der Waals surface area contributed by atoms with E-state index in [1.54, 1.807) is 0 Å². The normalized spacial score (nSPS) is 12.3. The molecule has 1 heterocycles. The number of aromatic nitrogens is 2. The lowest BCUT2D eigenvalue weighted by Crippen LogP contribution is -1.92. The van der Waals surface area contributed by atoms with Crippen LogP contribution in [0.15, 0.2) is 52.9 Å². The fraction of sp³-hybridized carbons (Fsp3) is 0.0667. The first-order valence-corrected chi connectivity index (χ1v) is 6.94. The van der Waals surface area contributed by atoms with Gasteiger partial charge in [0.25, 0.3) is 0 Å².